The molecular formula is C22H25FN4O3. The first-order valence-corrected chi connectivity index (χ1v) is 10.1. The van der Waals surface area contributed by atoms with Gasteiger partial charge in [0, 0.05) is 37.4 Å². The van der Waals surface area contributed by atoms with E-state index < -0.39 is 11.9 Å². The van der Waals surface area contributed by atoms with E-state index in [1.165, 1.54) is 16.7 Å². The molecule has 0 spiro atoms. The molecule has 4 rings (SSSR count). The average Bonchev–Trinajstić information content (AvgIpc) is 2.96. The number of hydrogen-bond acceptors (Lipinski definition) is 6. The first-order valence-electron chi connectivity index (χ1n) is 10.1. The highest BCUT2D eigenvalue weighted by Gasteiger charge is 2.21. The van der Waals surface area contributed by atoms with Crippen molar-refractivity contribution in [1.29, 1.82) is 0 Å². The molecule has 158 valence electrons. The molecule has 0 saturated carbocycles. The lowest BCUT2D eigenvalue weighted by Crippen LogP contribution is -2.38. The summed E-state index contributed by atoms with van der Waals surface area (Å²) in [6.45, 7) is 3.85. The Morgan fingerprint density at radius 1 is 1.00 bits per heavy atom. The summed E-state index contributed by atoms with van der Waals surface area (Å²) in [7, 11) is 0. The van der Waals surface area contributed by atoms with Crippen LogP contribution in [-0.4, -0.2) is 58.6 Å². The first-order chi connectivity index (χ1) is 14.6. The molecule has 7 nitrogen and oxygen atoms in total. The van der Waals surface area contributed by atoms with Crippen molar-refractivity contribution >= 4 is 5.69 Å². The van der Waals surface area contributed by atoms with Crippen LogP contribution in [0.2, 0.25) is 0 Å². The summed E-state index contributed by atoms with van der Waals surface area (Å²) in [4.78, 5) is 16.5. The quantitative estimate of drug-likeness (QED) is 0.669. The maximum absolute atomic E-state index is 13.2. The van der Waals surface area contributed by atoms with Crippen LogP contribution < -0.4 is 10.7 Å². The van der Waals surface area contributed by atoms with Crippen molar-refractivity contribution in [2.75, 3.05) is 37.6 Å². The largest absolute Gasteiger partial charge is 0.441 e. The fourth-order valence-corrected chi connectivity index (χ4v) is 3.85. The molecule has 0 amide bonds. The molecule has 2 aromatic carbocycles. The van der Waals surface area contributed by atoms with Crippen LogP contribution in [0.5, 0.6) is 0 Å². The summed E-state index contributed by atoms with van der Waals surface area (Å²) < 4.78 is 19.4. The Balaban J connectivity index is 1.37. The number of aliphatic hydroxyl groups is 1. The zero-order valence-electron chi connectivity index (χ0n) is 16.7. The third-order valence-corrected chi connectivity index (χ3v) is 5.36. The molecule has 0 radical (unpaired) electrons. The molecule has 2 heterocycles. The highest BCUT2D eigenvalue weighted by atomic mass is 19.1. The van der Waals surface area contributed by atoms with Crippen LogP contribution in [0.4, 0.5) is 10.1 Å². The molecule has 1 fully saturated rings. The Kier molecular flexibility index (Phi) is 6.25. The van der Waals surface area contributed by atoms with Crippen molar-refractivity contribution in [3.63, 3.8) is 0 Å². The molecule has 1 aromatic heterocycles. The Hall–Kier alpha value is -2.97. The second-order valence-corrected chi connectivity index (χ2v) is 7.52. The van der Waals surface area contributed by atoms with E-state index in [0.717, 1.165) is 43.9 Å². The summed E-state index contributed by atoms with van der Waals surface area (Å²) in [5, 5.41) is 14.5. The summed E-state index contributed by atoms with van der Waals surface area (Å²) in [6.07, 6.45) is 0.203. The number of nitrogens with zero attached hydrogens (tertiary/aromatic N) is 4. The van der Waals surface area contributed by atoms with Gasteiger partial charge in [-0.25, -0.2) is 9.18 Å². The number of rotatable bonds is 6. The topological polar surface area (TPSA) is 74.7 Å². The smallest absolute Gasteiger partial charge is 0.390 e. The molecule has 1 aliphatic heterocycles. The Morgan fingerprint density at radius 2 is 1.77 bits per heavy atom. The number of β-amino-alcohol motifs (C(OH)–C–C–N with tert-alkyl or cyclic N) is 1. The van der Waals surface area contributed by atoms with Crippen molar-refractivity contribution in [3.05, 3.63) is 71.0 Å². The fourth-order valence-electron chi connectivity index (χ4n) is 3.85. The minimum absolute atomic E-state index is 0.116. The van der Waals surface area contributed by atoms with E-state index in [1.54, 1.807) is 12.1 Å². The molecule has 1 N–H and O–H groups in total. The average molecular weight is 412 g/mol. The lowest BCUT2D eigenvalue weighted by atomic mass is 10.2. The number of halogens is 1. The van der Waals surface area contributed by atoms with Crippen LogP contribution in [0, 0.1) is 5.82 Å². The number of anilines is 1. The zero-order chi connectivity index (χ0) is 20.9. The van der Waals surface area contributed by atoms with E-state index in [-0.39, 0.29) is 12.4 Å². The monoisotopic (exact) mass is 412 g/mol. The molecule has 0 bridgehead atoms. The highest BCUT2D eigenvalue weighted by Crippen LogP contribution is 2.18. The zero-order valence-corrected chi connectivity index (χ0v) is 16.7. The molecular weight excluding hydrogens is 387 g/mol. The van der Waals surface area contributed by atoms with Crippen molar-refractivity contribution < 1.29 is 14.0 Å². The Bertz CT molecular complexity index is 1000. The van der Waals surface area contributed by atoms with E-state index in [4.69, 9.17) is 4.52 Å². The second-order valence-electron chi connectivity index (χ2n) is 7.52. The summed E-state index contributed by atoms with van der Waals surface area (Å²) >= 11 is 0. The maximum atomic E-state index is 13.2. The van der Waals surface area contributed by atoms with Crippen molar-refractivity contribution in [2.45, 2.75) is 19.1 Å². The van der Waals surface area contributed by atoms with Gasteiger partial charge < -0.3 is 10.0 Å². The van der Waals surface area contributed by atoms with Gasteiger partial charge in [-0.3, -0.25) is 14.0 Å². The molecule has 3 aromatic rings. The van der Waals surface area contributed by atoms with Gasteiger partial charge in [-0.2, -0.15) is 0 Å². The minimum Gasteiger partial charge on any atom is -0.390 e. The number of benzene rings is 2. The van der Waals surface area contributed by atoms with Crippen molar-refractivity contribution in [2.24, 2.45) is 0 Å². The first kappa shape index (κ1) is 20.3. The van der Waals surface area contributed by atoms with Crippen LogP contribution in [0.1, 0.15) is 6.42 Å². The standard InChI is InChI=1S/C22H25FN4O3/c23-18-7-9-19(10-8-18)26-12-4-11-25(13-14-26)15-20(28)16-27-21(24-30-22(27)29)17-5-2-1-3-6-17/h1-3,5-10,20,28H,4,11-16H2. The third kappa shape index (κ3) is 4.77. The van der Waals surface area contributed by atoms with Crippen molar-refractivity contribution in [1.82, 2.24) is 14.6 Å². The van der Waals surface area contributed by atoms with Crippen LogP contribution in [0.25, 0.3) is 11.4 Å². The molecule has 1 saturated heterocycles. The second kappa shape index (κ2) is 9.23. The van der Waals surface area contributed by atoms with Gasteiger partial charge in [0.1, 0.15) is 5.82 Å². The molecule has 30 heavy (non-hydrogen) atoms. The third-order valence-electron chi connectivity index (χ3n) is 5.36. The van der Waals surface area contributed by atoms with Crippen molar-refractivity contribution in [3.8, 4) is 11.4 Å². The predicted octanol–water partition coefficient (Wildman–Crippen LogP) is 2.22. The van der Waals surface area contributed by atoms with E-state index >= 15 is 0 Å². The van der Waals surface area contributed by atoms with Gasteiger partial charge in [0.15, 0.2) is 5.82 Å². The maximum Gasteiger partial charge on any atom is 0.441 e. The van der Waals surface area contributed by atoms with Gasteiger partial charge in [0.25, 0.3) is 0 Å². The Morgan fingerprint density at radius 3 is 2.53 bits per heavy atom. The van der Waals surface area contributed by atoms with Gasteiger partial charge in [-0.1, -0.05) is 35.5 Å². The van der Waals surface area contributed by atoms with Gasteiger partial charge >= 0.3 is 5.76 Å². The van der Waals surface area contributed by atoms with E-state index in [2.05, 4.69) is 15.0 Å². The molecule has 0 aliphatic carbocycles. The molecule has 1 aliphatic rings. The van der Waals surface area contributed by atoms with E-state index in [0.29, 0.717) is 12.4 Å². The molecule has 8 heteroatoms. The predicted molar refractivity (Wildman–Crippen MR) is 112 cm³/mol. The minimum atomic E-state index is -0.734. The number of aliphatic hydroxyl groups excluding tert-OH is 1. The van der Waals surface area contributed by atoms with Gasteiger partial charge in [-0.05, 0) is 37.2 Å². The molecule has 1 unspecified atom stereocenters. The summed E-state index contributed by atoms with van der Waals surface area (Å²) in [5.41, 5.74) is 1.77. The normalized spacial score (nSPS) is 16.4. The van der Waals surface area contributed by atoms with Crippen LogP contribution in [-0.2, 0) is 6.54 Å². The number of hydrogen-bond donors (Lipinski definition) is 1. The SMILES string of the molecule is O=c1onc(-c2ccccc2)n1CC(O)CN1CCCN(c2ccc(F)cc2)CC1. The van der Waals surface area contributed by atoms with Gasteiger partial charge in [-0.15, -0.1) is 0 Å². The number of aromatic nitrogens is 2. The van der Waals surface area contributed by atoms with Crippen LogP contribution in [0.15, 0.2) is 63.9 Å². The van der Waals surface area contributed by atoms with E-state index in [9.17, 15) is 14.3 Å². The summed E-state index contributed by atoms with van der Waals surface area (Å²) in [6, 6.07) is 15.8. The van der Waals surface area contributed by atoms with Crippen LogP contribution >= 0.6 is 0 Å². The lowest BCUT2D eigenvalue weighted by molar-refractivity contribution is 0.0997. The lowest BCUT2D eigenvalue weighted by Gasteiger charge is -2.25. The summed E-state index contributed by atoms with van der Waals surface area (Å²) in [5.74, 6) is -0.401. The molecule has 1 atom stereocenters. The van der Waals surface area contributed by atoms with Gasteiger partial charge in [0.05, 0.1) is 12.6 Å². The fraction of sp³-hybridized carbons (Fsp3) is 0.364. The van der Waals surface area contributed by atoms with Gasteiger partial charge in [0.2, 0.25) is 0 Å². The Labute approximate surface area is 173 Å². The van der Waals surface area contributed by atoms with Crippen LogP contribution in [0.3, 0.4) is 0 Å². The highest BCUT2D eigenvalue weighted by molar-refractivity contribution is 5.54. The van der Waals surface area contributed by atoms with E-state index in [1.807, 2.05) is 30.3 Å².